The molecule has 2 N–H and O–H groups in total. The molecule has 3 nitrogen and oxygen atoms in total. The molecule has 164 valence electrons. The number of nitrogens with zero attached hydrogens (tertiary/aromatic N) is 1. The largest absolute Gasteiger partial charge is 0.440 e. The molecule has 0 fully saturated rings. The third-order valence-corrected chi connectivity index (χ3v) is 7.12. The summed E-state index contributed by atoms with van der Waals surface area (Å²) in [6, 6.07) is 17.7. The summed E-state index contributed by atoms with van der Waals surface area (Å²) in [4.78, 5) is 0. The molecule has 0 saturated heterocycles. The normalized spacial score (nSPS) is 22.4. The molecule has 1 aliphatic heterocycles. The van der Waals surface area contributed by atoms with Gasteiger partial charge in [-0.1, -0.05) is 80.4 Å². The van der Waals surface area contributed by atoms with Crippen LogP contribution in [0.2, 0.25) is 10.0 Å². The Balaban J connectivity index is 1.95. The Morgan fingerprint density at radius 2 is 1.69 bits per heavy atom. The van der Waals surface area contributed by atoms with Gasteiger partial charge in [-0.3, -0.25) is 0 Å². The van der Waals surface area contributed by atoms with Gasteiger partial charge in [0.15, 0.2) is 0 Å². The maximum Gasteiger partial charge on any atom is 0.205 e. The van der Waals surface area contributed by atoms with E-state index in [4.69, 9.17) is 33.7 Å². The molecule has 0 bridgehead atoms. The minimum Gasteiger partial charge on any atom is -0.440 e. The lowest BCUT2D eigenvalue weighted by Gasteiger charge is -2.41. The van der Waals surface area contributed by atoms with E-state index in [1.807, 2.05) is 48.5 Å². The maximum atomic E-state index is 9.97. The predicted octanol–water partition coefficient (Wildman–Crippen LogP) is 7.59. The van der Waals surface area contributed by atoms with Gasteiger partial charge in [-0.15, -0.1) is 0 Å². The van der Waals surface area contributed by atoms with E-state index in [1.54, 1.807) is 0 Å². The van der Waals surface area contributed by atoms with Crippen molar-refractivity contribution in [1.29, 1.82) is 5.26 Å². The van der Waals surface area contributed by atoms with Gasteiger partial charge in [0.05, 0.1) is 5.92 Å². The molecule has 2 aliphatic rings. The van der Waals surface area contributed by atoms with Gasteiger partial charge in [0.1, 0.15) is 17.4 Å². The van der Waals surface area contributed by atoms with Gasteiger partial charge >= 0.3 is 0 Å². The average molecular weight is 465 g/mol. The van der Waals surface area contributed by atoms with E-state index in [1.165, 1.54) is 0 Å². The molecule has 0 amide bonds. The van der Waals surface area contributed by atoms with Crippen LogP contribution in [0, 0.1) is 22.7 Å². The van der Waals surface area contributed by atoms with Crippen LogP contribution >= 0.6 is 23.2 Å². The third kappa shape index (κ3) is 4.18. The van der Waals surface area contributed by atoms with Gasteiger partial charge in [-0.2, -0.15) is 5.26 Å². The van der Waals surface area contributed by atoms with Crippen LogP contribution < -0.4 is 5.73 Å². The number of hydrogen-bond donors (Lipinski definition) is 1. The Morgan fingerprint density at radius 3 is 2.31 bits per heavy atom. The summed E-state index contributed by atoms with van der Waals surface area (Å²) in [6.07, 6.45) is 3.72. The standard InChI is InChI=1S/C27H26Cl2N2O/c1-27(2,3)18-13-17(12-16-8-4-6-10-22(16)28)25-20(14-18)24(21(15-30)26(31)32-25)19-9-5-7-11-23(19)29/h4-12,18,24H,13-14,31H2,1-3H3/b17-12+/t18-,24-/m1/s1. The van der Waals surface area contributed by atoms with Crippen LogP contribution in [0.4, 0.5) is 0 Å². The van der Waals surface area contributed by atoms with Crippen LogP contribution in [0.25, 0.3) is 6.08 Å². The second-order valence-electron chi connectivity index (χ2n) is 9.46. The number of ether oxygens (including phenoxy) is 1. The van der Waals surface area contributed by atoms with Crippen molar-refractivity contribution in [2.45, 2.75) is 39.5 Å². The molecule has 0 saturated carbocycles. The second kappa shape index (κ2) is 8.70. The van der Waals surface area contributed by atoms with Gasteiger partial charge in [0.25, 0.3) is 0 Å². The number of hydrogen-bond acceptors (Lipinski definition) is 3. The van der Waals surface area contributed by atoms with E-state index in [-0.39, 0.29) is 17.2 Å². The molecule has 2 aromatic carbocycles. The van der Waals surface area contributed by atoms with E-state index in [0.717, 1.165) is 40.9 Å². The summed E-state index contributed by atoms with van der Waals surface area (Å²) >= 11 is 13.1. The Labute approximate surface area is 199 Å². The smallest absolute Gasteiger partial charge is 0.205 e. The van der Waals surface area contributed by atoms with E-state index in [0.29, 0.717) is 21.5 Å². The first-order valence-electron chi connectivity index (χ1n) is 10.7. The quantitative estimate of drug-likeness (QED) is 0.497. The van der Waals surface area contributed by atoms with Crippen LogP contribution in [0.15, 0.2) is 76.9 Å². The van der Waals surface area contributed by atoms with E-state index < -0.39 is 0 Å². The minimum atomic E-state index is -0.336. The molecule has 4 rings (SSSR count). The van der Waals surface area contributed by atoms with Gasteiger partial charge in [-0.25, -0.2) is 0 Å². The minimum absolute atomic E-state index is 0.0582. The van der Waals surface area contributed by atoms with Crippen LogP contribution in [-0.2, 0) is 4.74 Å². The number of nitriles is 1. The van der Waals surface area contributed by atoms with Crippen LogP contribution in [0.1, 0.15) is 50.7 Å². The number of halogens is 2. The SMILES string of the molecule is CC(C)(C)[C@H]1CC2=C(OC(N)=C(C#N)[C@@H]2c2ccccc2Cl)/C(=C/c2ccccc2Cl)C1. The summed E-state index contributed by atoms with van der Waals surface area (Å²) in [5, 5.41) is 11.3. The zero-order valence-electron chi connectivity index (χ0n) is 18.5. The summed E-state index contributed by atoms with van der Waals surface area (Å²) < 4.78 is 6.13. The van der Waals surface area contributed by atoms with Crippen molar-refractivity contribution in [2.75, 3.05) is 0 Å². The first-order valence-corrected chi connectivity index (χ1v) is 11.5. The molecule has 0 radical (unpaired) electrons. The van der Waals surface area contributed by atoms with E-state index >= 15 is 0 Å². The molecule has 0 unspecified atom stereocenters. The van der Waals surface area contributed by atoms with E-state index in [9.17, 15) is 5.26 Å². The zero-order chi connectivity index (χ0) is 23.0. The van der Waals surface area contributed by atoms with Crippen molar-refractivity contribution < 1.29 is 4.74 Å². The van der Waals surface area contributed by atoms with E-state index in [2.05, 4.69) is 32.9 Å². The molecule has 1 heterocycles. The summed E-state index contributed by atoms with van der Waals surface area (Å²) in [7, 11) is 0. The molecular formula is C27H26Cl2N2O. The van der Waals surface area contributed by atoms with Crippen LogP contribution in [-0.4, -0.2) is 0 Å². The summed E-state index contributed by atoms with van der Waals surface area (Å²) in [6.45, 7) is 6.75. The number of nitrogens with two attached hydrogens (primary N) is 1. The molecule has 1 aliphatic carbocycles. The topological polar surface area (TPSA) is 59.0 Å². The molecule has 0 aromatic heterocycles. The highest BCUT2D eigenvalue weighted by Gasteiger charge is 2.41. The monoisotopic (exact) mass is 464 g/mol. The average Bonchev–Trinajstić information content (AvgIpc) is 2.74. The van der Waals surface area contributed by atoms with Crippen molar-refractivity contribution in [3.8, 4) is 6.07 Å². The highest BCUT2D eigenvalue weighted by atomic mass is 35.5. The second-order valence-corrected chi connectivity index (χ2v) is 10.3. The molecule has 5 heteroatoms. The van der Waals surface area contributed by atoms with Crippen molar-refractivity contribution in [1.82, 2.24) is 0 Å². The Bertz CT molecular complexity index is 1190. The fraction of sp³-hybridized carbons (Fsp3) is 0.296. The molecular weight excluding hydrogens is 439 g/mol. The fourth-order valence-electron chi connectivity index (χ4n) is 4.54. The van der Waals surface area contributed by atoms with Crippen molar-refractivity contribution in [3.63, 3.8) is 0 Å². The Morgan fingerprint density at radius 1 is 1.03 bits per heavy atom. The van der Waals surface area contributed by atoms with Gasteiger partial charge in [0, 0.05) is 10.0 Å². The highest BCUT2D eigenvalue weighted by Crippen LogP contribution is 2.52. The number of rotatable bonds is 2. The van der Waals surface area contributed by atoms with Gasteiger partial charge in [0.2, 0.25) is 5.88 Å². The van der Waals surface area contributed by atoms with Gasteiger partial charge in [-0.05, 0) is 64.7 Å². The summed E-state index contributed by atoms with van der Waals surface area (Å²) in [5.41, 5.74) is 10.6. The lowest BCUT2D eigenvalue weighted by Crippen LogP contribution is -2.31. The molecule has 2 aromatic rings. The van der Waals surface area contributed by atoms with Crippen molar-refractivity contribution in [3.05, 3.63) is 98.1 Å². The molecule has 32 heavy (non-hydrogen) atoms. The highest BCUT2D eigenvalue weighted by molar-refractivity contribution is 6.32. The molecule has 0 spiro atoms. The maximum absolute atomic E-state index is 9.97. The van der Waals surface area contributed by atoms with Crippen molar-refractivity contribution in [2.24, 2.45) is 17.1 Å². The fourth-order valence-corrected chi connectivity index (χ4v) is 4.98. The zero-order valence-corrected chi connectivity index (χ0v) is 20.0. The first-order chi connectivity index (χ1) is 15.2. The van der Waals surface area contributed by atoms with Crippen LogP contribution in [0.3, 0.4) is 0 Å². The predicted molar refractivity (Wildman–Crippen MR) is 131 cm³/mol. The Hall–Kier alpha value is -2.67. The third-order valence-electron chi connectivity index (χ3n) is 6.43. The van der Waals surface area contributed by atoms with Crippen LogP contribution in [0.5, 0.6) is 0 Å². The first kappa shape index (κ1) is 22.5. The molecule has 2 atom stereocenters. The summed E-state index contributed by atoms with van der Waals surface area (Å²) in [5.74, 6) is 0.891. The Kier molecular flexibility index (Phi) is 6.12. The van der Waals surface area contributed by atoms with Crippen molar-refractivity contribution >= 4 is 29.3 Å². The lowest BCUT2D eigenvalue weighted by atomic mass is 9.66. The number of benzene rings is 2. The lowest BCUT2D eigenvalue weighted by molar-refractivity contribution is 0.200. The van der Waals surface area contributed by atoms with Gasteiger partial charge < -0.3 is 10.5 Å². The number of allylic oxidation sites excluding steroid dienone is 3.